The van der Waals surface area contributed by atoms with Gasteiger partial charge in [-0.1, -0.05) is 6.07 Å². The molecule has 5 nitrogen and oxygen atoms in total. The van der Waals surface area contributed by atoms with Gasteiger partial charge in [0.15, 0.2) is 0 Å². The second-order valence-corrected chi connectivity index (χ2v) is 6.45. The van der Waals surface area contributed by atoms with Gasteiger partial charge >= 0.3 is 0 Å². The Labute approximate surface area is 114 Å². The summed E-state index contributed by atoms with van der Waals surface area (Å²) in [4.78, 5) is 0.136. The summed E-state index contributed by atoms with van der Waals surface area (Å²) in [5, 5.41) is 9.04. The lowest BCUT2D eigenvalue weighted by Crippen LogP contribution is -2.39. The Balaban J connectivity index is 3.36. The second kappa shape index (κ2) is 6.36. The maximum atomic E-state index is 12.6. The molecule has 0 aromatic heterocycles. The van der Waals surface area contributed by atoms with Gasteiger partial charge in [0.05, 0.1) is 13.7 Å². The maximum absolute atomic E-state index is 12.6. The molecule has 0 saturated carbocycles. The Morgan fingerprint density at radius 1 is 1.37 bits per heavy atom. The van der Waals surface area contributed by atoms with Crippen LogP contribution in [0.15, 0.2) is 23.1 Å². The van der Waals surface area contributed by atoms with Crippen LogP contribution in [-0.4, -0.2) is 44.1 Å². The molecule has 0 saturated heterocycles. The molecule has 0 unspecified atom stereocenters. The molecule has 0 fully saturated rings. The fourth-order valence-corrected chi connectivity index (χ4v) is 3.74. The van der Waals surface area contributed by atoms with Crippen molar-refractivity contribution in [2.75, 3.05) is 20.3 Å². The first-order valence-corrected chi connectivity index (χ1v) is 7.56. The highest BCUT2D eigenvalue weighted by atomic mass is 32.2. The van der Waals surface area contributed by atoms with E-state index in [4.69, 9.17) is 9.84 Å². The van der Waals surface area contributed by atoms with Gasteiger partial charge in [-0.3, -0.25) is 0 Å². The average molecular weight is 287 g/mol. The van der Waals surface area contributed by atoms with Crippen LogP contribution in [0.1, 0.15) is 19.4 Å². The third-order valence-electron chi connectivity index (χ3n) is 2.80. The number of aliphatic hydroxyl groups is 1. The molecule has 0 spiro atoms. The van der Waals surface area contributed by atoms with Crippen LogP contribution < -0.4 is 4.74 Å². The molecule has 0 bridgehead atoms. The number of aryl methyl sites for hydroxylation is 1. The zero-order chi connectivity index (χ0) is 14.6. The molecule has 0 radical (unpaired) electrons. The van der Waals surface area contributed by atoms with Gasteiger partial charge in [0, 0.05) is 12.6 Å². The predicted octanol–water partition coefficient (Wildman–Crippen LogP) is 1.40. The normalized spacial score (nSPS) is 12.2. The molecule has 0 heterocycles. The minimum absolute atomic E-state index is 0.0666. The minimum atomic E-state index is -3.68. The Hall–Kier alpha value is -1.11. The molecule has 1 aromatic carbocycles. The molecular formula is C13H21NO4S. The van der Waals surface area contributed by atoms with Gasteiger partial charge in [0.2, 0.25) is 10.0 Å². The second-order valence-electron chi connectivity index (χ2n) is 4.59. The molecule has 108 valence electrons. The van der Waals surface area contributed by atoms with Crippen LogP contribution in [0.2, 0.25) is 0 Å². The fraction of sp³-hybridized carbons (Fsp3) is 0.538. The van der Waals surface area contributed by atoms with Crippen molar-refractivity contribution >= 4 is 10.0 Å². The number of benzene rings is 1. The van der Waals surface area contributed by atoms with E-state index in [1.54, 1.807) is 32.0 Å². The van der Waals surface area contributed by atoms with Gasteiger partial charge in [-0.2, -0.15) is 4.31 Å². The van der Waals surface area contributed by atoms with Gasteiger partial charge in [-0.15, -0.1) is 0 Å². The van der Waals surface area contributed by atoms with Crippen LogP contribution in [0, 0.1) is 6.92 Å². The van der Waals surface area contributed by atoms with Crippen molar-refractivity contribution in [2.24, 2.45) is 0 Å². The molecule has 0 aliphatic rings. The number of methoxy groups -OCH3 is 1. The van der Waals surface area contributed by atoms with Crippen LogP contribution in [0.5, 0.6) is 5.75 Å². The summed E-state index contributed by atoms with van der Waals surface area (Å²) in [7, 11) is -2.24. The van der Waals surface area contributed by atoms with Crippen molar-refractivity contribution in [2.45, 2.75) is 31.7 Å². The molecule has 6 heteroatoms. The number of aliphatic hydroxyl groups excluding tert-OH is 1. The Morgan fingerprint density at radius 3 is 2.47 bits per heavy atom. The third kappa shape index (κ3) is 3.46. The first-order chi connectivity index (χ1) is 8.84. The van der Waals surface area contributed by atoms with Crippen LogP contribution in [0.25, 0.3) is 0 Å². The topological polar surface area (TPSA) is 66.8 Å². The first kappa shape index (κ1) is 15.9. The lowest BCUT2D eigenvalue weighted by molar-refractivity contribution is 0.236. The fourth-order valence-electron chi connectivity index (χ4n) is 1.87. The third-order valence-corrected chi connectivity index (χ3v) is 4.90. The highest BCUT2D eigenvalue weighted by Crippen LogP contribution is 2.28. The predicted molar refractivity (Wildman–Crippen MR) is 73.8 cm³/mol. The molecule has 1 rings (SSSR count). The lowest BCUT2D eigenvalue weighted by atomic mass is 10.2. The number of sulfonamides is 1. The molecular weight excluding hydrogens is 266 g/mol. The number of nitrogens with zero attached hydrogens (tertiary/aromatic N) is 1. The smallest absolute Gasteiger partial charge is 0.247 e. The van der Waals surface area contributed by atoms with E-state index >= 15 is 0 Å². The van der Waals surface area contributed by atoms with Crippen molar-refractivity contribution in [3.63, 3.8) is 0 Å². The lowest BCUT2D eigenvalue weighted by Gasteiger charge is -2.26. The highest BCUT2D eigenvalue weighted by Gasteiger charge is 2.29. The summed E-state index contributed by atoms with van der Waals surface area (Å²) in [6.45, 7) is 5.22. The standard InChI is InChI=1S/C13H21NO4S/c1-10(2)14(7-8-15)19(16,17)13-9-11(3)5-6-12(13)18-4/h5-6,9-10,15H,7-8H2,1-4H3. The van der Waals surface area contributed by atoms with Gasteiger partial charge in [-0.25, -0.2) is 8.42 Å². The Kier molecular flexibility index (Phi) is 5.34. The number of hydrogen-bond donors (Lipinski definition) is 1. The first-order valence-electron chi connectivity index (χ1n) is 6.12. The highest BCUT2D eigenvalue weighted by molar-refractivity contribution is 7.89. The molecule has 0 atom stereocenters. The van der Waals surface area contributed by atoms with Gasteiger partial charge in [0.25, 0.3) is 0 Å². The summed E-state index contributed by atoms with van der Waals surface area (Å²) in [6.07, 6.45) is 0. The number of rotatable bonds is 6. The largest absolute Gasteiger partial charge is 0.495 e. The zero-order valence-corrected chi connectivity index (χ0v) is 12.6. The quantitative estimate of drug-likeness (QED) is 0.858. The van der Waals surface area contributed by atoms with Crippen LogP contribution in [-0.2, 0) is 10.0 Å². The molecule has 0 aliphatic heterocycles. The van der Waals surface area contributed by atoms with E-state index < -0.39 is 10.0 Å². The van der Waals surface area contributed by atoms with E-state index in [0.717, 1.165) is 5.56 Å². The van der Waals surface area contributed by atoms with E-state index in [1.807, 2.05) is 6.92 Å². The van der Waals surface area contributed by atoms with Crippen molar-refractivity contribution < 1.29 is 18.3 Å². The van der Waals surface area contributed by atoms with E-state index in [9.17, 15) is 8.42 Å². The summed E-state index contributed by atoms with van der Waals surface area (Å²) in [5.74, 6) is 0.314. The zero-order valence-electron chi connectivity index (χ0n) is 11.8. The maximum Gasteiger partial charge on any atom is 0.247 e. The summed E-state index contributed by atoms with van der Waals surface area (Å²) >= 11 is 0. The Bertz CT molecular complexity index is 525. The molecule has 0 aliphatic carbocycles. The molecule has 19 heavy (non-hydrogen) atoms. The molecule has 1 aromatic rings. The number of hydrogen-bond acceptors (Lipinski definition) is 4. The minimum Gasteiger partial charge on any atom is -0.495 e. The van der Waals surface area contributed by atoms with E-state index in [2.05, 4.69) is 0 Å². The monoisotopic (exact) mass is 287 g/mol. The molecule has 0 amide bonds. The summed E-state index contributed by atoms with van der Waals surface area (Å²) in [5.41, 5.74) is 0.840. The molecule has 1 N–H and O–H groups in total. The van der Waals surface area contributed by atoms with Crippen molar-refractivity contribution in [3.05, 3.63) is 23.8 Å². The average Bonchev–Trinajstić information content (AvgIpc) is 2.35. The summed E-state index contributed by atoms with van der Waals surface area (Å²) < 4.78 is 31.7. The van der Waals surface area contributed by atoms with E-state index in [1.165, 1.54) is 11.4 Å². The van der Waals surface area contributed by atoms with Crippen LogP contribution in [0.4, 0.5) is 0 Å². The Morgan fingerprint density at radius 2 is 2.00 bits per heavy atom. The SMILES string of the molecule is COc1ccc(C)cc1S(=O)(=O)N(CCO)C(C)C. The number of ether oxygens (including phenoxy) is 1. The van der Waals surface area contributed by atoms with Gasteiger partial charge in [-0.05, 0) is 38.5 Å². The summed E-state index contributed by atoms with van der Waals surface area (Å²) in [6, 6.07) is 4.78. The van der Waals surface area contributed by atoms with Gasteiger partial charge < -0.3 is 9.84 Å². The van der Waals surface area contributed by atoms with Crippen LogP contribution >= 0.6 is 0 Å². The van der Waals surface area contributed by atoms with Crippen molar-refractivity contribution in [1.29, 1.82) is 0 Å². The van der Waals surface area contributed by atoms with Crippen molar-refractivity contribution in [1.82, 2.24) is 4.31 Å². The van der Waals surface area contributed by atoms with Crippen LogP contribution in [0.3, 0.4) is 0 Å². The van der Waals surface area contributed by atoms with Crippen molar-refractivity contribution in [3.8, 4) is 5.75 Å². The van der Waals surface area contributed by atoms with E-state index in [-0.39, 0.29) is 24.1 Å². The van der Waals surface area contributed by atoms with E-state index in [0.29, 0.717) is 5.75 Å². The van der Waals surface area contributed by atoms with Gasteiger partial charge in [0.1, 0.15) is 10.6 Å².